The molecule has 5 atom stereocenters. The molecule has 0 aliphatic carbocycles. The second-order valence-electron chi connectivity index (χ2n) is 5.49. The number of aliphatic hydroxyl groups excluding tert-OH is 1. The molecule has 2 amide bonds. The van der Waals surface area contributed by atoms with Gasteiger partial charge in [0.1, 0.15) is 12.3 Å². The van der Waals surface area contributed by atoms with Gasteiger partial charge < -0.3 is 43.6 Å². The molecular weight excluding hydrogens is 545 g/mol. The minimum atomic E-state index is -6.05. The Kier molecular flexibility index (Phi) is 20.2. The first-order valence-electron chi connectivity index (χ1n) is 7.29. The van der Waals surface area contributed by atoms with Crippen LogP contribution in [0.4, 0.5) is 4.79 Å². The second-order valence-corrected chi connectivity index (χ2v) is 9.78. The van der Waals surface area contributed by atoms with Gasteiger partial charge in [-0.05, 0) is 12.3 Å². The van der Waals surface area contributed by atoms with E-state index in [-0.39, 0.29) is 138 Å². The first-order chi connectivity index (χ1) is 12.7. The van der Waals surface area contributed by atoms with Gasteiger partial charge >= 0.3 is 132 Å². The van der Waals surface area contributed by atoms with Crippen LogP contribution in [-0.2, 0) is 31.6 Å². The van der Waals surface area contributed by atoms with Gasteiger partial charge in [0, 0.05) is 13.0 Å². The van der Waals surface area contributed by atoms with Gasteiger partial charge in [0.25, 0.3) is 7.82 Å². The van der Waals surface area contributed by atoms with Crippen LogP contribution in [0.2, 0.25) is 0 Å². The number of aliphatic imine (C=N–C) groups is 1. The van der Waals surface area contributed by atoms with E-state index in [1.165, 1.54) is 0 Å². The molecular formula is C9H13N2Na4O14P3. The maximum Gasteiger partial charge on any atom is 1.00 e. The molecule has 2 aliphatic heterocycles. The maximum absolute atomic E-state index is 11.7. The fourth-order valence-corrected chi connectivity index (χ4v) is 5.25. The molecule has 2 rings (SSSR count). The van der Waals surface area contributed by atoms with Crippen LogP contribution in [0.5, 0.6) is 0 Å². The monoisotopic (exact) mass is 558 g/mol. The fraction of sp³-hybridized carbons (Fsp3) is 0.778. The average molecular weight is 558 g/mol. The van der Waals surface area contributed by atoms with Crippen molar-refractivity contribution in [2.24, 2.45) is 4.99 Å². The Morgan fingerprint density at radius 2 is 1.69 bits per heavy atom. The Morgan fingerprint density at radius 1 is 1.12 bits per heavy atom. The van der Waals surface area contributed by atoms with Gasteiger partial charge in [0.05, 0.1) is 20.5 Å². The van der Waals surface area contributed by atoms with Crippen LogP contribution in [0.3, 0.4) is 0 Å². The van der Waals surface area contributed by atoms with Crippen LogP contribution in [0.1, 0.15) is 12.8 Å². The third-order valence-electron chi connectivity index (χ3n) is 3.39. The third-order valence-corrected chi connectivity index (χ3v) is 7.10. The number of carbonyl (C=O) groups excluding carboxylic acids is 1. The molecule has 2 aliphatic rings. The summed E-state index contributed by atoms with van der Waals surface area (Å²) in [4.78, 5) is 56.9. The minimum Gasteiger partial charge on any atom is -0.862 e. The zero-order chi connectivity index (χ0) is 21.3. The molecule has 2 N–H and O–H groups in total. The molecule has 16 nitrogen and oxygen atoms in total. The number of aliphatic hydroxyl groups is 1. The number of hydrogen-bond donors (Lipinski definition) is 2. The van der Waals surface area contributed by atoms with Gasteiger partial charge in [-0.15, -0.1) is 0 Å². The van der Waals surface area contributed by atoms with E-state index in [0.29, 0.717) is 0 Å². The average Bonchev–Trinajstić information content (AvgIpc) is 2.82. The van der Waals surface area contributed by atoms with E-state index in [4.69, 9.17) is 9.63 Å². The molecule has 0 spiro atoms. The molecule has 162 valence electrons. The van der Waals surface area contributed by atoms with E-state index in [2.05, 4.69) is 18.1 Å². The number of urea groups is 1. The first-order valence-corrected chi connectivity index (χ1v) is 11.7. The molecule has 2 unspecified atom stereocenters. The number of nitrogens with zero attached hydrogens (tertiary/aromatic N) is 2. The fourth-order valence-electron chi connectivity index (χ4n) is 2.32. The van der Waals surface area contributed by atoms with E-state index in [0.717, 1.165) is 4.90 Å². The SMILES string of the molecule is O=C1N=C([O-])CCN1[C@H]1C[C@H](O)[C@@H](COP(=O)([O-])OP(=O)(O)OP(=O)([O-])[O-])O1.[Na+].[Na+].[Na+].[Na+]. The van der Waals surface area contributed by atoms with E-state index in [1.54, 1.807) is 0 Å². The van der Waals surface area contributed by atoms with Gasteiger partial charge in [-0.3, -0.25) is 13.8 Å². The quantitative estimate of drug-likeness (QED) is 0.207. The molecule has 23 heteroatoms. The number of phosphoric acid groups is 3. The van der Waals surface area contributed by atoms with Crippen LogP contribution in [0.15, 0.2) is 4.99 Å². The van der Waals surface area contributed by atoms with Gasteiger partial charge in [0.15, 0.2) is 0 Å². The van der Waals surface area contributed by atoms with Crippen molar-refractivity contribution in [1.82, 2.24) is 4.90 Å². The van der Waals surface area contributed by atoms with Crippen molar-refractivity contribution in [2.45, 2.75) is 31.3 Å². The Hall–Kier alpha value is 3.27. The molecule has 0 radical (unpaired) electrons. The first kappa shape index (κ1) is 39.8. The smallest absolute Gasteiger partial charge is 0.862 e. The number of amides is 2. The summed E-state index contributed by atoms with van der Waals surface area (Å²) in [5, 5.41) is 21.0. The zero-order valence-electron chi connectivity index (χ0n) is 17.6. The number of rotatable bonds is 8. The standard InChI is InChI=1S/C9H17N2O14P3.4Na/c12-5-3-8(11-2-1-7(13)10-9(11)14)23-6(5)4-22-27(18,19)25-28(20,21)24-26(15,16)17;;;;/h5-6,8,12H,1-4H2,(H,18,19)(H,20,21)(H,10,13,14)(H2,15,16,17);;;;/q;4*+1/p-4/t5-,6+,8+;;;;/m0..../s1. The van der Waals surface area contributed by atoms with Crippen molar-refractivity contribution < 1.29 is 184 Å². The predicted octanol–water partition coefficient (Wildman–Crippen LogP) is -15.5. The second kappa shape index (κ2) is 16.3. The minimum absolute atomic E-state index is 0. The van der Waals surface area contributed by atoms with Crippen molar-refractivity contribution in [3.05, 3.63) is 0 Å². The van der Waals surface area contributed by atoms with Crippen LogP contribution in [0, 0.1) is 0 Å². The zero-order valence-corrected chi connectivity index (χ0v) is 28.3. The van der Waals surface area contributed by atoms with Crippen molar-refractivity contribution in [2.75, 3.05) is 13.2 Å². The Balaban J connectivity index is -0.00000210. The maximum atomic E-state index is 11.7. The summed E-state index contributed by atoms with van der Waals surface area (Å²) in [6.07, 6.45) is -3.97. The topological polar surface area (TPSA) is 253 Å². The summed E-state index contributed by atoms with van der Waals surface area (Å²) in [5.41, 5.74) is 0. The molecule has 0 aromatic heterocycles. The van der Waals surface area contributed by atoms with E-state index in [9.17, 15) is 43.4 Å². The molecule has 1 fully saturated rings. The number of carbonyl (C=O) groups is 1. The Morgan fingerprint density at radius 3 is 2.19 bits per heavy atom. The molecule has 0 aromatic carbocycles. The summed E-state index contributed by atoms with van der Waals surface area (Å²) in [6, 6.07) is -0.897. The van der Waals surface area contributed by atoms with Crippen molar-refractivity contribution in [1.29, 1.82) is 0 Å². The van der Waals surface area contributed by atoms with Crippen LogP contribution in [0.25, 0.3) is 0 Å². The van der Waals surface area contributed by atoms with Crippen molar-refractivity contribution >= 4 is 35.4 Å². The Bertz CT molecular complexity index is 797. The summed E-state index contributed by atoms with van der Waals surface area (Å²) < 4.78 is 49.0. The van der Waals surface area contributed by atoms with Crippen LogP contribution >= 0.6 is 23.5 Å². The van der Waals surface area contributed by atoms with Gasteiger partial charge in [0.2, 0.25) is 0 Å². The van der Waals surface area contributed by atoms with E-state index >= 15 is 0 Å². The molecule has 1 saturated heterocycles. The molecule has 0 bridgehead atoms. The Labute approximate surface area is 270 Å². The van der Waals surface area contributed by atoms with Crippen LogP contribution in [-0.4, -0.2) is 58.4 Å². The molecule has 32 heavy (non-hydrogen) atoms. The summed E-state index contributed by atoms with van der Waals surface area (Å²) in [5.74, 6) is -0.625. The van der Waals surface area contributed by atoms with E-state index < -0.39 is 60.4 Å². The van der Waals surface area contributed by atoms with Gasteiger partial charge in [-0.1, -0.05) is 0 Å². The largest absolute Gasteiger partial charge is 1.00 e. The van der Waals surface area contributed by atoms with Gasteiger partial charge in [-0.2, -0.15) is 0 Å². The normalized spacial score (nSPS) is 26.8. The molecule has 0 aromatic rings. The number of ether oxygens (including phenoxy) is 1. The van der Waals surface area contributed by atoms with Crippen molar-refractivity contribution in [3.8, 4) is 0 Å². The third kappa shape index (κ3) is 13.7. The van der Waals surface area contributed by atoms with Crippen LogP contribution < -0.4 is 138 Å². The number of hydrogen-bond acceptors (Lipinski definition) is 13. The van der Waals surface area contributed by atoms with Crippen molar-refractivity contribution in [3.63, 3.8) is 0 Å². The molecule has 2 heterocycles. The van der Waals surface area contributed by atoms with E-state index in [1.807, 2.05) is 0 Å². The number of phosphoric ester groups is 1. The predicted molar refractivity (Wildman–Crippen MR) is 76.6 cm³/mol. The summed E-state index contributed by atoms with van der Waals surface area (Å²) in [6.45, 7) is -0.992. The van der Waals surface area contributed by atoms with Gasteiger partial charge in [-0.25, -0.2) is 18.7 Å². The molecule has 0 saturated carbocycles. The summed E-state index contributed by atoms with van der Waals surface area (Å²) in [7, 11) is -17.6. The summed E-state index contributed by atoms with van der Waals surface area (Å²) >= 11 is 0.